The number of carbonyl (C=O) groups excluding carboxylic acids is 1. The van der Waals surface area contributed by atoms with Crippen LogP contribution in [0.5, 0.6) is 0 Å². The van der Waals surface area contributed by atoms with Crippen LogP contribution in [0.3, 0.4) is 0 Å². The van der Waals surface area contributed by atoms with E-state index in [9.17, 15) is 14.0 Å². The van der Waals surface area contributed by atoms with Gasteiger partial charge in [-0.2, -0.15) is 0 Å². The highest BCUT2D eigenvalue weighted by atomic mass is 19.1. The zero-order valence-corrected chi connectivity index (χ0v) is 10.1. The number of aromatic carboxylic acids is 1. The van der Waals surface area contributed by atoms with Crippen molar-refractivity contribution in [1.29, 1.82) is 0 Å². The van der Waals surface area contributed by atoms with Gasteiger partial charge in [0.1, 0.15) is 5.82 Å². The van der Waals surface area contributed by atoms with Crippen molar-refractivity contribution < 1.29 is 19.1 Å². The Morgan fingerprint density at radius 3 is 2.70 bits per heavy atom. The summed E-state index contributed by atoms with van der Waals surface area (Å²) >= 11 is 0. The van der Waals surface area contributed by atoms with Crippen molar-refractivity contribution >= 4 is 23.4 Å². The minimum Gasteiger partial charge on any atom is -0.478 e. The zero-order valence-electron chi connectivity index (χ0n) is 10.1. The second kappa shape index (κ2) is 5.79. The Morgan fingerprint density at radius 2 is 2.00 bits per heavy atom. The molecule has 0 radical (unpaired) electrons. The number of urea groups is 1. The predicted molar refractivity (Wildman–Crippen MR) is 70.2 cm³/mol. The van der Waals surface area contributed by atoms with Gasteiger partial charge in [0.25, 0.3) is 0 Å². The predicted octanol–water partition coefficient (Wildman–Crippen LogP) is 2.56. The molecular weight excluding hydrogens is 265 g/mol. The second-order valence-corrected chi connectivity index (χ2v) is 3.82. The molecule has 0 saturated heterocycles. The summed E-state index contributed by atoms with van der Waals surface area (Å²) in [6.45, 7) is 0. The number of hydrogen-bond donors (Lipinski definition) is 3. The Labute approximate surface area is 113 Å². The first-order chi connectivity index (χ1) is 9.56. The molecule has 0 aliphatic carbocycles. The normalized spacial score (nSPS) is 9.85. The van der Waals surface area contributed by atoms with Crippen LogP contribution in [0.4, 0.5) is 20.6 Å². The third kappa shape index (κ3) is 3.29. The molecule has 1 heterocycles. The Hall–Kier alpha value is -2.96. The summed E-state index contributed by atoms with van der Waals surface area (Å²) < 4.78 is 13.0. The lowest BCUT2D eigenvalue weighted by molar-refractivity contribution is 0.0698. The maximum absolute atomic E-state index is 13.0. The number of aromatic nitrogens is 1. The van der Waals surface area contributed by atoms with E-state index in [0.717, 1.165) is 6.07 Å². The second-order valence-electron chi connectivity index (χ2n) is 3.82. The number of carboxylic acid groups (broad SMARTS) is 1. The van der Waals surface area contributed by atoms with Gasteiger partial charge in [0.15, 0.2) is 0 Å². The molecule has 0 unspecified atom stereocenters. The molecule has 2 amide bonds. The lowest BCUT2D eigenvalue weighted by Crippen LogP contribution is -2.21. The standard InChI is InChI=1S/C13H10FN3O3/c14-8-2-1-3-9(6-8)16-13(20)17-11-7-15-5-4-10(11)12(18)19/h1-7H,(H,18,19)(H2,16,17,20). The quantitative estimate of drug-likeness (QED) is 0.802. The molecule has 0 aliphatic heterocycles. The minimum absolute atomic E-state index is 0.0499. The van der Waals surface area contributed by atoms with E-state index < -0.39 is 17.8 Å². The fraction of sp³-hybridized carbons (Fsp3) is 0. The number of benzene rings is 1. The molecule has 0 fully saturated rings. The van der Waals surface area contributed by atoms with Gasteiger partial charge in [0.2, 0.25) is 0 Å². The molecule has 3 N–H and O–H groups in total. The van der Waals surface area contributed by atoms with Crippen LogP contribution in [0.25, 0.3) is 0 Å². The number of anilines is 2. The third-order valence-electron chi connectivity index (χ3n) is 2.38. The van der Waals surface area contributed by atoms with E-state index >= 15 is 0 Å². The van der Waals surface area contributed by atoms with Gasteiger partial charge in [0, 0.05) is 11.9 Å². The fourth-order valence-electron chi connectivity index (χ4n) is 1.53. The largest absolute Gasteiger partial charge is 0.478 e. The number of halogens is 1. The summed E-state index contributed by atoms with van der Waals surface area (Å²) in [6.07, 6.45) is 2.52. The SMILES string of the molecule is O=C(Nc1cccc(F)c1)Nc1cnccc1C(=O)O. The van der Waals surface area contributed by atoms with Crippen LogP contribution in [0.1, 0.15) is 10.4 Å². The van der Waals surface area contributed by atoms with Crippen molar-refractivity contribution in [3.8, 4) is 0 Å². The number of amides is 2. The molecule has 1 aromatic heterocycles. The van der Waals surface area contributed by atoms with Crippen LogP contribution in [0.15, 0.2) is 42.7 Å². The first-order valence-corrected chi connectivity index (χ1v) is 5.57. The molecule has 0 spiro atoms. The summed E-state index contributed by atoms with van der Waals surface area (Å²) in [5.41, 5.74) is 0.214. The first kappa shape index (κ1) is 13.5. The number of nitrogens with one attached hydrogen (secondary N) is 2. The highest BCUT2D eigenvalue weighted by Gasteiger charge is 2.12. The van der Waals surface area contributed by atoms with Gasteiger partial charge in [-0.25, -0.2) is 14.0 Å². The Morgan fingerprint density at radius 1 is 1.20 bits per heavy atom. The highest BCUT2D eigenvalue weighted by Crippen LogP contribution is 2.14. The van der Waals surface area contributed by atoms with Crippen molar-refractivity contribution in [1.82, 2.24) is 4.98 Å². The van der Waals surface area contributed by atoms with Gasteiger partial charge in [-0.3, -0.25) is 4.98 Å². The molecule has 6 nitrogen and oxygen atoms in total. The summed E-state index contributed by atoms with van der Waals surface area (Å²) in [6, 6.07) is 5.90. The van der Waals surface area contributed by atoms with Crippen molar-refractivity contribution in [2.75, 3.05) is 10.6 Å². The molecular formula is C13H10FN3O3. The summed E-state index contributed by atoms with van der Waals surface area (Å²) in [5, 5.41) is 13.7. The average molecular weight is 275 g/mol. The van der Waals surface area contributed by atoms with Gasteiger partial charge < -0.3 is 15.7 Å². The van der Waals surface area contributed by atoms with E-state index in [2.05, 4.69) is 15.6 Å². The lowest BCUT2D eigenvalue weighted by atomic mass is 10.2. The molecule has 1 aromatic carbocycles. The molecule has 7 heteroatoms. The van der Waals surface area contributed by atoms with E-state index in [1.165, 1.54) is 36.7 Å². The highest BCUT2D eigenvalue weighted by molar-refractivity contribution is 6.04. The maximum atomic E-state index is 13.0. The Balaban J connectivity index is 2.11. The molecule has 0 saturated carbocycles. The number of hydrogen-bond acceptors (Lipinski definition) is 3. The Bertz CT molecular complexity index is 661. The number of pyridine rings is 1. The van der Waals surface area contributed by atoms with Crippen LogP contribution < -0.4 is 10.6 Å². The van der Waals surface area contributed by atoms with Gasteiger partial charge >= 0.3 is 12.0 Å². The number of carboxylic acids is 1. The lowest BCUT2D eigenvalue weighted by Gasteiger charge is -2.09. The molecule has 2 rings (SSSR count). The minimum atomic E-state index is -1.19. The van der Waals surface area contributed by atoms with Crippen LogP contribution in [-0.2, 0) is 0 Å². The smallest absolute Gasteiger partial charge is 0.337 e. The van der Waals surface area contributed by atoms with Crippen LogP contribution >= 0.6 is 0 Å². The molecule has 2 aromatic rings. The van der Waals surface area contributed by atoms with E-state index in [-0.39, 0.29) is 16.9 Å². The number of rotatable bonds is 3. The fourth-order valence-corrected chi connectivity index (χ4v) is 1.53. The van der Waals surface area contributed by atoms with Crippen molar-refractivity contribution in [3.63, 3.8) is 0 Å². The van der Waals surface area contributed by atoms with Gasteiger partial charge in [-0.1, -0.05) is 6.07 Å². The van der Waals surface area contributed by atoms with E-state index in [1.54, 1.807) is 0 Å². The monoisotopic (exact) mass is 275 g/mol. The van der Waals surface area contributed by atoms with Crippen LogP contribution in [0, 0.1) is 5.82 Å². The first-order valence-electron chi connectivity index (χ1n) is 5.57. The summed E-state index contributed by atoms with van der Waals surface area (Å²) in [7, 11) is 0. The van der Waals surface area contributed by atoms with E-state index in [4.69, 9.17) is 5.11 Å². The van der Waals surface area contributed by atoms with Gasteiger partial charge in [-0.15, -0.1) is 0 Å². The maximum Gasteiger partial charge on any atom is 0.337 e. The van der Waals surface area contributed by atoms with Crippen LogP contribution in [-0.4, -0.2) is 22.1 Å². The van der Waals surface area contributed by atoms with E-state index in [0.29, 0.717) is 0 Å². The zero-order chi connectivity index (χ0) is 14.5. The summed E-state index contributed by atoms with van der Waals surface area (Å²) in [5.74, 6) is -1.68. The van der Waals surface area contributed by atoms with Crippen LogP contribution in [0.2, 0.25) is 0 Å². The number of nitrogens with zero attached hydrogens (tertiary/aromatic N) is 1. The van der Waals surface area contributed by atoms with Gasteiger partial charge in [-0.05, 0) is 24.3 Å². The van der Waals surface area contributed by atoms with Gasteiger partial charge in [0.05, 0.1) is 17.4 Å². The average Bonchev–Trinajstić information content (AvgIpc) is 2.38. The van der Waals surface area contributed by atoms with Crippen molar-refractivity contribution in [2.45, 2.75) is 0 Å². The number of carbonyl (C=O) groups is 2. The molecule has 0 aliphatic rings. The third-order valence-corrected chi connectivity index (χ3v) is 2.38. The summed E-state index contributed by atoms with van der Waals surface area (Å²) in [4.78, 5) is 26.4. The molecule has 102 valence electrons. The molecule has 20 heavy (non-hydrogen) atoms. The van der Waals surface area contributed by atoms with Crippen molar-refractivity contribution in [3.05, 3.63) is 54.1 Å². The topological polar surface area (TPSA) is 91.3 Å². The molecule has 0 bridgehead atoms. The van der Waals surface area contributed by atoms with E-state index in [1.807, 2.05) is 0 Å². The van der Waals surface area contributed by atoms with Crippen molar-refractivity contribution in [2.24, 2.45) is 0 Å². The molecule has 0 atom stereocenters. The Kier molecular flexibility index (Phi) is 3.90.